The van der Waals surface area contributed by atoms with Crippen LogP contribution in [0.15, 0.2) is 29.2 Å². The standard InChI is InChI=1S/C25H27ClN2O4/c1-6-32-23(30)18-14-27-21(13-22(18)29)17-12-19(26)15(7-10-25(4,5)31)11-16(17)20-8-9-24(2,3)28(20)27/h11-14,20,31H,6,8-9H2,1-5H3/t20-/m1/s1. The Bertz CT molecular complexity index is 1230. The lowest BCUT2D eigenvalue weighted by atomic mass is 9.92. The van der Waals surface area contributed by atoms with Crippen LogP contribution in [0.2, 0.25) is 5.02 Å². The molecule has 0 amide bonds. The fourth-order valence-corrected chi connectivity index (χ4v) is 4.76. The molecule has 0 aliphatic carbocycles. The van der Waals surface area contributed by atoms with Gasteiger partial charge >= 0.3 is 5.97 Å². The van der Waals surface area contributed by atoms with Gasteiger partial charge in [-0.3, -0.25) is 14.5 Å². The Morgan fingerprint density at radius 3 is 2.72 bits per heavy atom. The first-order chi connectivity index (χ1) is 14.9. The number of hydrogen-bond acceptors (Lipinski definition) is 5. The number of halogens is 1. The van der Waals surface area contributed by atoms with Crippen molar-refractivity contribution in [3.63, 3.8) is 0 Å². The Hall–Kier alpha value is -2.75. The predicted octanol–water partition coefficient (Wildman–Crippen LogP) is 4.03. The lowest BCUT2D eigenvalue weighted by molar-refractivity contribution is 0.0523. The summed E-state index contributed by atoms with van der Waals surface area (Å²) >= 11 is 6.56. The minimum absolute atomic E-state index is 0.0132. The number of aliphatic hydroxyl groups is 1. The lowest BCUT2D eigenvalue weighted by Crippen LogP contribution is -2.50. The van der Waals surface area contributed by atoms with E-state index in [0.29, 0.717) is 16.3 Å². The van der Waals surface area contributed by atoms with E-state index in [1.165, 1.54) is 6.07 Å². The van der Waals surface area contributed by atoms with Crippen molar-refractivity contribution >= 4 is 17.6 Å². The zero-order valence-electron chi connectivity index (χ0n) is 19.0. The molecule has 0 bridgehead atoms. The van der Waals surface area contributed by atoms with Gasteiger partial charge in [0.2, 0.25) is 0 Å². The number of rotatable bonds is 2. The summed E-state index contributed by atoms with van der Waals surface area (Å²) < 4.78 is 7.00. The van der Waals surface area contributed by atoms with Crippen LogP contribution in [-0.2, 0) is 4.74 Å². The van der Waals surface area contributed by atoms with Crippen molar-refractivity contribution in [2.45, 2.75) is 64.6 Å². The summed E-state index contributed by atoms with van der Waals surface area (Å²) in [5.41, 5.74) is 1.47. The molecule has 1 aromatic heterocycles. The summed E-state index contributed by atoms with van der Waals surface area (Å²) in [4.78, 5) is 25.2. The molecule has 1 saturated heterocycles. The summed E-state index contributed by atoms with van der Waals surface area (Å²) in [5, 5.41) is 12.7. The van der Waals surface area contributed by atoms with Crippen LogP contribution < -0.4 is 10.4 Å². The first kappa shape index (κ1) is 22.4. The number of carbonyl (C=O) groups is 1. The fraction of sp³-hybridized carbons (Fsp3) is 0.440. The Morgan fingerprint density at radius 2 is 2.06 bits per heavy atom. The first-order valence-corrected chi connectivity index (χ1v) is 11.1. The fourth-order valence-electron chi connectivity index (χ4n) is 4.55. The maximum Gasteiger partial charge on any atom is 0.343 e. The Balaban J connectivity index is 1.96. The third-order valence-electron chi connectivity index (χ3n) is 5.98. The highest BCUT2D eigenvalue weighted by atomic mass is 35.5. The molecule has 0 unspecified atom stereocenters. The largest absolute Gasteiger partial charge is 0.462 e. The quantitative estimate of drug-likeness (QED) is 0.548. The van der Waals surface area contributed by atoms with Crippen molar-refractivity contribution in [2.75, 3.05) is 11.6 Å². The monoisotopic (exact) mass is 454 g/mol. The van der Waals surface area contributed by atoms with Crippen LogP contribution in [0, 0.1) is 11.8 Å². The number of hydrogen-bond donors (Lipinski definition) is 1. The molecule has 168 valence electrons. The van der Waals surface area contributed by atoms with Gasteiger partial charge in [0.05, 0.1) is 28.9 Å². The number of pyridine rings is 1. The number of ether oxygens (including phenoxy) is 1. The molecule has 1 atom stereocenters. The average molecular weight is 455 g/mol. The smallest absolute Gasteiger partial charge is 0.343 e. The second kappa shape index (κ2) is 7.68. The van der Waals surface area contributed by atoms with Gasteiger partial charge in [-0.25, -0.2) is 4.79 Å². The van der Waals surface area contributed by atoms with Crippen LogP contribution in [0.3, 0.4) is 0 Å². The Morgan fingerprint density at radius 1 is 1.34 bits per heavy atom. The van der Waals surface area contributed by atoms with E-state index >= 15 is 0 Å². The summed E-state index contributed by atoms with van der Waals surface area (Å²) in [5.74, 6) is 5.20. The highest BCUT2D eigenvalue weighted by Gasteiger charge is 2.45. The molecule has 1 fully saturated rings. The van der Waals surface area contributed by atoms with E-state index in [-0.39, 0.29) is 23.8 Å². The van der Waals surface area contributed by atoms with E-state index in [0.717, 1.165) is 24.0 Å². The second-order valence-electron chi connectivity index (χ2n) is 9.44. The van der Waals surface area contributed by atoms with Crippen molar-refractivity contribution in [1.29, 1.82) is 0 Å². The van der Waals surface area contributed by atoms with Crippen molar-refractivity contribution in [2.24, 2.45) is 0 Å². The molecule has 2 aliphatic heterocycles. The number of benzene rings is 1. The van der Waals surface area contributed by atoms with E-state index in [1.54, 1.807) is 27.0 Å². The Kier molecular flexibility index (Phi) is 5.39. The van der Waals surface area contributed by atoms with Gasteiger partial charge in [0.25, 0.3) is 0 Å². The molecule has 1 aromatic carbocycles. The molecule has 2 aromatic rings. The van der Waals surface area contributed by atoms with Gasteiger partial charge in [0, 0.05) is 23.4 Å². The molecular formula is C25H27ClN2O4. The van der Waals surface area contributed by atoms with E-state index in [1.807, 2.05) is 16.8 Å². The third-order valence-corrected chi connectivity index (χ3v) is 6.29. The SMILES string of the molecule is CCOC(=O)c1cn2c(cc1=O)-c1cc(Cl)c(C#CC(C)(C)O)cc1[C@H]1CCC(C)(C)N12. The summed E-state index contributed by atoms with van der Waals surface area (Å²) in [6.45, 7) is 9.45. The van der Waals surface area contributed by atoms with Gasteiger partial charge < -0.3 is 9.84 Å². The Labute approximate surface area is 192 Å². The van der Waals surface area contributed by atoms with E-state index in [4.69, 9.17) is 16.3 Å². The summed E-state index contributed by atoms with van der Waals surface area (Å²) in [6, 6.07) is 5.30. The van der Waals surface area contributed by atoms with Gasteiger partial charge in [0.1, 0.15) is 11.2 Å². The summed E-state index contributed by atoms with van der Waals surface area (Å²) in [7, 11) is 0. The van der Waals surface area contributed by atoms with Gasteiger partial charge in [-0.15, -0.1) is 0 Å². The zero-order chi connectivity index (χ0) is 23.4. The normalized spacial score (nSPS) is 18.2. The number of aromatic nitrogens is 1. The molecule has 0 spiro atoms. The van der Waals surface area contributed by atoms with Crippen LogP contribution in [0.5, 0.6) is 0 Å². The van der Waals surface area contributed by atoms with Crippen LogP contribution in [0.25, 0.3) is 11.3 Å². The molecule has 4 rings (SSSR count). The van der Waals surface area contributed by atoms with Gasteiger partial charge in [-0.2, -0.15) is 0 Å². The van der Waals surface area contributed by atoms with Gasteiger partial charge in [-0.05, 0) is 65.2 Å². The topological polar surface area (TPSA) is 71.8 Å². The molecule has 6 nitrogen and oxygen atoms in total. The minimum atomic E-state index is -1.13. The summed E-state index contributed by atoms with van der Waals surface area (Å²) in [6.07, 6.45) is 3.43. The number of nitrogens with zero attached hydrogens (tertiary/aromatic N) is 2. The molecule has 2 aliphatic rings. The third kappa shape index (κ3) is 3.80. The lowest BCUT2D eigenvalue weighted by Gasteiger charge is -2.44. The van der Waals surface area contributed by atoms with Crippen molar-refractivity contribution in [3.05, 3.63) is 56.3 Å². The second-order valence-corrected chi connectivity index (χ2v) is 9.85. The predicted molar refractivity (Wildman–Crippen MR) is 125 cm³/mol. The maximum atomic E-state index is 12.8. The molecule has 7 heteroatoms. The average Bonchev–Trinajstić information content (AvgIpc) is 3.01. The van der Waals surface area contributed by atoms with E-state index < -0.39 is 17.0 Å². The van der Waals surface area contributed by atoms with Crippen LogP contribution in [0.1, 0.15) is 75.0 Å². The highest BCUT2D eigenvalue weighted by Crippen LogP contribution is 2.48. The van der Waals surface area contributed by atoms with E-state index in [2.05, 4.69) is 30.7 Å². The van der Waals surface area contributed by atoms with Gasteiger partial charge in [-0.1, -0.05) is 23.4 Å². The molecule has 0 saturated carbocycles. The maximum absolute atomic E-state index is 12.8. The number of carbonyl (C=O) groups excluding carboxylic acids is 1. The molecule has 3 heterocycles. The van der Waals surface area contributed by atoms with Crippen LogP contribution in [0.4, 0.5) is 0 Å². The van der Waals surface area contributed by atoms with Crippen LogP contribution >= 0.6 is 11.6 Å². The number of esters is 1. The number of fused-ring (bicyclic) bond motifs is 6. The minimum Gasteiger partial charge on any atom is -0.462 e. The zero-order valence-corrected chi connectivity index (χ0v) is 19.7. The van der Waals surface area contributed by atoms with E-state index in [9.17, 15) is 14.7 Å². The van der Waals surface area contributed by atoms with Crippen molar-refractivity contribution in [3.8, 4) is 23.1 Å². The molecule has 32 heavy (non-hydrogen) atoms. The van der Waals surface area contributed by atoms with Crippen molar-refractivity contribution < 1.29 is 14.6 Å². The molecule has 0 radical (unpaired) electrons. The molecule has 1 N–H and O–H groups in total. The van der Waals surface area contributed by atoms with Crippen molar-refractivity contribution in [1.82, 2.24) is 4.68 Å². The highest BCUT2D eigenvalue weighted by molar-refractivity contribution is 6.32. The first-order valence-electron chi connectivity index (χ1n) is 10.8. The molecular weight excluding hydrogens is 428 g/mol. The van der Waals surface area contributed by atoms with Gasteiger partial charge in [0.15, 0.2) is 5.43 Å². The van der Waals surface area contributed by atoms with Crippen LogP contribution in [-0.4, -0.2) is 33.5 Å².